The van der Waals surface area contributed by atoms with Crippen LogP contribution in [0.1, 0.15) is 32.8 Å². The lowest BCUT2D eigenvalue weighted by atomic mass is 9.89. The van der Waals surface area contributed by atoms with Gasteiger partial charge in [0.25, 0.3) is 0 Å². The fourth-order valence-electron chi connectivity index (χ4n) is 2.63. The minimum absolute atomic E-state index is 0.0636. The largest absolute Gasteiger partial charge is 0.444 e. The Morgan fingerprint density at radius 2 is 2.00 bits per heavy atom. The lowest BCUT2D eigenvalue weighted by Crippen LogP contribution is -2.48. The summed E-state index contributed by atoms with van der Waals surface area (Å²) in [6.07, 6.45) is 0.745. The summed E-state index contributed by atoms with van der Waals surface area (Å²) < 4.78 is 5.42. The van der Waals surface area contributed by atoms with E-state index in [2.05, 4.69) is 12.1 Å². The lowest BCUT2D eigenvalue weighted by molar-refractivity contribution is -0.00823. The van der Waals surface area contributed by atoms with Gasteiger partial charge in [-0.1, -0.05) is 30.3 Å². The van der Waals surface area contributed by atoms with Gasteiger partial charge in [-0.25, -0.2) is 4.79 Å². The normalized spacial score (nSPS) is 23.0. The summed E-state index contributed by atoms with van der Waals surface area (Å²) in [7, 11) is 0. The molecule has 0 spiro atoms. The smallest absolute Gasteiger partial charge is 0.410 e. The zero-order valence-corrected chi connectivity index (χ0v) is 13.1. The Kier molecular flexibility index (Phi) is 4.88. The summed E-state index contributed by atoms with van der Waals surface area (Å²) in [4.78, 5) is 13.9. The van der Waals surface area contributed by atoms with Gasteiger partial charge in [0.1, 0.15) is 5.60 Å². The van der Waals surface area contributed by atoms with E-state index < -0.39 is 5.60 Å². The number of benzene rings is 1. The predicted octanol–water partition coefficient (Wildman–Crippen LogP) is 2.85. The Morgan fingerprint density at radius 1 is 1.33 bits per heavy atom. The fourth-order valence-corrected chi connectivity index (χ4v) is 2.63. The second kappa shape index (κ2) is 6.48. The van der Waals surface area contributed by atoms with Crippen LogP contribution in [0.5, 0.6) is 0 Å². The number of nitrogens with zero attached hydrogens (tertiary/aromatic N) is 1. The molecule has 1 heterocycles. The number of rotatable bonds is 2. The van der Waals surface area contributed by atoms with E-state index in [0.29, 0.717) is 19.5 Å². The zero-order chi connectivity index (χ0) is 15.5. The van der Waals surface area contributed by atoms with E-state index in [1.54, 1.807) is 4.90 Å². The summed E-state index contributed by atoms with van der Waals surface area (Å²) >= 11 is 0. The highest BCUT2D eigenvalue weighted by molar-refractivity contribution is 5.68. The molecule has 1 saturated heterocycles. The van der Waals surface area contributed by atoms with Crippen molar-refractivity contribution in [2.24, 2.45) is 5.92 Å². The number of aliphatic hydroxyl groups is 1. The molecule has 0 aromatic heterocycles. The van der Waals surface area contributed by atoms with Gasteiger partial charge in [-0.15, -0.1) is 0 Å². The number of amides is 1. The quantitative estimate of drug-likeness (QED) is 0.911. The van der Waals surface area contributed by atoms with E-state index in [4.69, 9.17) is 4.74 Å². The van der Waals surface area contributed by atoms with Crippen LogP contribution < -0.4 is 0 Å². The molecule has 0 saturated carbocycles. The van der Waals surface area contributed by atoms with E-state index in [1.807, 2.05) is 39.0 Å². The maximum absolute atomic E-state index is 12.1. The highest BCUT2D eigenvalue weighted by Crippen LogP contribution is 2.23. The summed E-state index contributed by atoms with van der Waals surface area (Å²) in [5.74, 6) is 0.0636. The zero-order valence-electron chi connectivity index (χ0n) is 13.1. The SMILES string of the molecule is CC(C)(C)OC(=O)N1CC[C@@H](O)[C@H](Cc2ccccc2)C1. The molecular weight excluding hydrogens is 266 g/mol. The van der Waals surface area contributed by atoms with Crippen LogP contribution in [0.15, 0.2) is 30.3 Å². The van der Waals surface area contributed by atoms with Crippen LogP contribution in [-0.2, 0) is 11.2 Å². The summed E-state index contributed by atoms with van der Waals surface area (Å²) in [5.41, 5.74) is 0.704. The molecule has 2 atom stereocenters. The Morgan fingerprint density at radius 3 is 2.62 bits per heavy atom. The number of piperidine rings is 1. The van der Waals surface area contributed by atoms with Crippen molar-refractivity contribution in [3.8, 4) is 0 Å². The van der Waals surface area contributed by atoms with Crippen molar-refractivity contribution in [1.82, 2.24) is 4.90 Å². The van der Waals surface area contributed by atoms with Gasteiger partial charge >= 0.3 is 6.09 Å². The van der Waals surface area contributed by atoms with E-state index in [9.17, 15) is 9.90 Å². The number of carbonyl (C=O) groups is 1. The van der Waals surface area contributed by atoms with Crippen LogP contribution >= 0.6 is 0 Å². The third kappa shape index (κ3) is 4.74. The number of carbonyl (C=O) groups excluding carboxylic acids is 1. The van der Waals surface area contributed by atoms with Gasteiger partial charge < -0.3 is 14.7 Å². The lowest BCUT2D eigenvalue weighted by Gasteiger charge is -2.37. The Bertz CT molecular complexity index is 467. The minimum atomic E-state index is -0.484. The topological polar surface area (TPSA) is 49.8 Å². The summed E-state index contributed by atoms with van der Waals surface area (Å²) in [6.45, 7) is 6.70. The van der Waals surface area contributed by atoms with E-state index in [0.717, 1.165) is 6.42 Å². The second-order valence-corrected chi connectivity index (χ2v) is 6.73. The molecule has 0 unspecified atom stereocenters. The molecule has 1 aliphatic rings. The van der Waals surface area contributed by atoms with Crippen LogP contribution in [0, 0.1) is 5.92 Å². The molecular formula is C17H25NO3. The molecule has 1 aromatic carbocycles. The Hall–Kier alpha value is -1.55. The Labute approximate surface area is 126 Å². The van der Waals surface area contributed by atoms with Crippen LogP contribution in [0.4, 0.5) is 4.79 Å². The molecule has 0 aliphatic carbocycles. The third-order valence-corrected chi connectivity index (χ3v) is 3.69. The molecule has 0 radical (unpaired) electrons. The predicted molar refractivity (Wildman–Crippen MR) is 82.1 cm³/mol. The van der Waals surface area contributed by atoms with Crippen LogP contribution in [0.3, 0.4) is 0 Å². The molecule has 4 heteroatoms. The van der Waals surface area contributed by atoms with Crippen molar-refractivity contribution in [1.29, 1.82) is 0 Å². The second-order valence-electron chi connectivity index (χ2n) is 6.73. The number of hydrogen-bond acceptors (Lipinski definition) is 3. The first-order valence-electron chi connectivity index (χ1n) is 7.55. The van der Waals surface area contributed by atoms with E-state index in [1.165, 1.54) is 5.56 Å². The molecule has 21 heavy (non-hydrogen) atoms. The van der Waals surface area contributed by atoms with Crippen LogP contribution in [0.25, 0.3) is 0 Å². The molecule has 0 bridgehead atoms. The number of ether oxygens (including phenoxy) is 1. The fraction of sp³-hybridized carbons (Fsp3) is 0.588. The molecule has 4 nitrogen and oxygen atoms in total. The molecule has 116 valence electrons. The molecule has 1 aromatic rings. The van der Waals surface area contributed by atoms with Crippen molar-refractivity contribution in [3.05, 3.63) is 35.9 Å². The maximum atomic E-state index is 12.1. The first-order valence-corrected chi connectivity index (χ1v) is 7.55. The van der Waals surface area contributed by atoms with E-state index in [-0.39, 0.29) is 18.1 Å². The highest BCUT2D eigenvalue weighted by atomic mass is 16.6. The average Bonchev–Trinajstić information content (AvgIpc) is 2.40. The van der Waals surface area contributed by atoms with Crippen molar-refractivity contribution in [3.63, 3.8) is 0 Å². The van der Waals surface area contributed by atoms with E-state index >= 15 is 0 Å². The average molecular weight is 291 g/mol. The number of likely N-dealkylation sites (tertiary alicyclic amines) is 1. The van der Waals surface area contributed by atoms with Crippen LogP contribution in [0.2, 0.25) is 0 Å². The van der Waals surface area contributed by atoms with Crippen LogP contribution in [-0.4, -0.2) is 40.9 Å². The molecule has 1 amide bonds. The molecule has 2 rings (SSSR count). The van der Waals surface area contributed by atoms with Crippen molar-refractivity contribution in [2.75, 3.05) is 13.1 Å². The van der Waals surface area contributed by atoms with Crippen molar-refractivity contribution in [2.45, 2.75) is 45.3 Å². The standard InChI is InChI=1S/C17H25NO3/c1-17(2,3)21-16(20)18-10-9-15(19)14(12-18)11-13-7-5-4-6-8-13/h4-8,14-15,19H,9-12H2,1-3H3/t14-,15-/m1/s1. The Balaban J connectivity index is 1.97. The number of hydrogen-bond donors (Lipinski definition) is 1. The van der Waals surface area contributed by atoms with Crippen molar-refractivity contribution >= 4 is 6.09 Å². The van der Waals surface area contributed by atoms with Gasteiger partial charge in [0, 0.05) is 19.0 Å². The minimum Gasteiger partial charge on any atom is -0.444 e. The molecule has 1 fully saturated rings. The monoisotopic (exact) mass is 291 g/mol. The van der Waals surface area contributed by atoms with Crippen molar-refractivity contribution < 1.29 is 14.6 Å². The van der Waals surface area contributed by atoms with Gasteiger partial charge in [-0.2, -0.15) is 0 Å². The highest BCUT2D eigenvalue weighted by Gasteiger charge is 2.32. The van der Waals surface area contributed by atoms with Gasteiger partial charge in [0.15, 0.2) is 0 Å². The van der Waals surface area contributed by atoms with Gasteiger partial charge in [-0.05, 0) is 39.2 Å². The third-order valence-electron chi connectivity index (χ3n) is 3.69. The first kappa shape index (κ1) is 15.8. The summed E-state index contributed by atoms with van der Waals surface area (Å²) in [5, 5.41) is 10.2. The maximum Gasteiger partial charge on any atom is 0.410 e. The van der Waals surface area contributed by atoms with Gasteiger partial charge in [-0.3, -0.25) is 0 Å². The molecule has 1 N–H and O–H groups in total. The molecule has 1 aliphatic heterocycles. The first-order chi connectivity index (χ1) is 9.85. The van der Waals surface area contributed by atoms with Gasteiger partial charge in [0.2, 0.25) is 0 Å². The van der Waals surface area contributed by atoms with Gasteiger partial charge in [0.05, 0.1) is 6.10 Å². The number of aliphatic hydroxyl groups excluding tert-OH is 1. The summed E-state index contributed by atoms with van der Waals surface area (Å²) in [6, 6.07) is 10.1.